The van der Waals surface area contributed by atoms with Crippen LogP contribution in [0.3, 0.4) is 0 Å². The summed E-state index contributed by atoms with van der Waals surface area (Å²) >= 11 is 3.28. The quantitative estimate of drug-likeness (QED) is 0.249. The molecule has 0 aliphatic heterocycles. The Morgan fingerprint density at radius 2 is 1.75 bits per heavy atom. The van der Waals surface area contributed by atoms with Crippen LogP contribution < -0.4 is 26.1 Å². The zero-order valence-corrected chi connectivity index (χ0v) is 20.5. The number of nitrogen functional groups attached to an aromatic ring is 1. The smallest absolute Gasteiger partial charge is 0.342 e. The van der Waals surface area contributed by atoms with Crippen LogP contribution in [0.4, 0.5) is 5.82 Å². The van der Waals surface area contributed by atoms with Crippen LogP contribution in [0.1, 0.15) is 26.3 Å². The van der Waals surface area contributed by atoms with Crippen LogP contribution in [0.5, 0.6) is 11.5 Å². The average Bonchev–Trinajstić information content (AvgIpc) is 2.82. The summed E-state index contributed by atoms with van der Waals surface area (Å²) in [6.45, 7) is 0.0607. The molecular formula is C24H22BrN3O8. The first kappa shape index (κ1) is 26.3. The molecule has 0 spiro atoms. The number of halogens is 1. The number of H-pyrrole nitrogens is 1. The van der Waals surface area contributed by atoms with Crippen molar-refractivity contribution < 1.29 is 34.1 Å². The fourth-order valence-electron chi connectivity index (χ4n) is 3.52. The van der Waals surface area contributed by atoms with Gasteiger partial charge in [0.2, 0.25) is 0 Å². The van der Waals surface area contributed by atoms with Crippen molar-refractivity contribution in [2.75, 3.05) is 26.0 Å². The molecular weight excluding hydrogens is 538 g/mol. The van der Waals surface area contributed by atoms with Crippen LogP contribution in [0.2, 0.25) is 0 Å². The van der Waals surface area contributed by atoms with Gasteiger partial charge in [0.05, 0.1) is 11.6 Å². The number of hydrogen-bond donors (Lipinski definition) is 5. The number of nitrogens with one attached hydrogen (secondary N) is 2. The lowest BCUT2D eigenvalue weighted by Crippen LogP contribution is -2.30. The summed E-state index contributed by atoms with van der Waals surface area (Å²) in [6, 6.07) is 12.3. The van der Waals surface area contributed by atoms with E-state index in [1.807, 2.05) is 35.3 Å². The van der Waals surface area contributed by atoms with Crippen LogP contribution >= 0.6 is 15.9 Å². The lowest BCUT2D eigenvalue weighted by atomic mass is 9.95. The number of ether oxygens (including phenoxy) is 2. The monoisotopic (exact) mass is 559 g/mol. The molecule has 1 aromatic heterocycles. The Morgan fingerprint density at radius 3 is 2.36 bits per heavy atom. The SMILES string of the molecule is COc1cc(-c2c(C(=O)O)c(N)[nH]c(=O)c2C(=O)O)cc(Br)c1OCC(=O)NCCc1ccccc1. The lowest BCUT2D eigenvalue weighted by molar-refractivity contribution is -0.123. The summed E-state index contributed by atoms with van der Waals surface area (Å²) < 4.78 is 11.2. The highest BCUT2D eigenvalue weighted by molar-refractivity contribution is 9.10. The summed E-state index contributed by atoms with van der Waals surface area (Å²) in [5.41, 5.74) is 3.91. The molecule has 3 rings (SSSR count). The van der Waals surface area contributed by atoms with Gasteiger partial charge in [0.1, 0.15) is 16.9 Å². The molecule has 0 saturated carbocycles. The highest BCUT2D eigenvalue weighted by Gasteiger charge is 2.28. The van der Waals surface area contributed by atoms with Gasteiger partial charge in [-0.05, 0) is 45.6 Å². The molecule has 0 atom stereocenters. The van der Waals surface area contributed by atoms with Gasteiger partial charge in [-0.3, -0.25) is 9.59 Å². The predicted molar refractivity (Wildman–Crippen MR) is 134 cm³/mol. The van der Waals surface area contributed by atoms with Crippen LogP contribution in [-0.2, 0) is 11.2 Å². The molecule has 0 unspecified atom stereocenters. The number of carbonyl (C=O) groups is 3. The summed E-state index contributed by atoms with van der Waals surface area (Å²) in [5, 5.41) is 22.0. The topological polar surface area (TPSA) is 181 Å². The Labute approximate surface area is 213 Å². The second kappa shape index (κ2) is 11.4. The van der Waals surface area contributed by atoms with Gasteiger partial charge in [-0.25, -0.2) is 9.59 Å². The third-order valence-corrected chi connectivity index (χ3v) is 5.71. The van der Waals surface area contributed by atoms with E-state index in [0.717, 1.165) is 5.56 Å². The van der Waals surface area contributed by atoms with Gasteiger partial charge in [-0.2, -0.15) is 0 Å². The normalized spacial score (nSPS) is 10.5. The largest absolute Gasteiger partial charge is 0.493 e. The number of pyridine rings is 1. The van der Waals surface area contributed by atoms with E-state index in [-0.39, 0.29) is 34.0 Å². The maximum absolute atomic E-state index is 12.3. The van der Waals surface area contributed by atoms with Gasteiger partial charge in [-0.1, -0.05) is 30.3 Å². The molecule has 3 aromatic rings. The van der Waals surface area contributed by atoms with E-state index in [1.165, 1.54) is 19.2 Å². The minimum Gasteiger partial charge on any atom is -0.493 e. The molecule has 0 aliphatic rings. The van der Waals surface area contributed by atoms with Gasteiger partial charge in [0, 0.05) is 12.1 Å². The van der Waals surface area contributed by atoms with Crippen LogP contribution in [0.25, 0.3) is 11.1 Å². The number of carboxylic acid groups (broad SMARTS) is 2. The van der Waals surface area contributed by atoms with Crippen molar-refractivity contribution in [3.05, 3.63) is 74.0 Å². The van der Waals surface area contributed by atoms with Gasteiger partial charge in [-0.15, -0.1) is 0 Å². The molecule has 0 fully saturated rings. The lowest BCUT2D eigenvalue weighted by Gasteiger charge is -2.17. The van der Waals surface area contributed by atoms with Crippen molar-refractivity contribution in [2.45, 2.75) is 6.42 Å². The van der Waals surface area contributed by atoms with Crippen LogP contribution in [0.15, 0.2) is 51.7 Å². The number of hydrogen-bond acceptors (Lipinski definition) is 7. The zero-order valence-electron chi connectivity index (χ0n) is 19.0. The summed E-state index contributed by atoms with van der Waals surface area (Å²) in [4.78, 5) is 50.2. The predicted octanol–water partition coefficient (Wildman–Crippen LogP) is 2.53. The van der Waals surface area contributed by atoms with Gasteiger partial charge >= 0.3 is 11.9 Å². The number of aromatic nitrogens is 1. The highest BCUT2D eigenvalue weighted by Crippen LogP contribution is 2.41. The van der Waals surface area contributed by atoms with Crippen molar-refractivity contribution >= 4 is 39.6 Å². The van der Waals surface area contributed by atoms with Crippen LogP contribution in [0, 0.1) is 0 Å². The van der Waals surface area contributed by atoms with Gasteiger partial charge in [0.25, 0.3) is 11.5 Å². The molecule has 0 aliphatic carbocycles. The third kappa shape index (κ3) is 5.84. The molecule has 0 radical (unpaired) electrons. The van der Waals surface area contributed by atoms with E-state index in [2.05, 4.69) is 21.2 Å². The molecule has 0 saturated heterocycles. The van der Waals surface area contributed by atoms with E-state index < -0.39 is 40.0 Å². The Hall–Kier alpha value is -4.32. The average molecular weight is 560 g/mol. The number of methoxy groups -OCH3 is 1. The second-order valence-electron chi connectivity index (χ2n) is 7.47. The standard InChI is InChI=1S/C24H22BrN3O8/c1-35-15-10-13(17-18(23(31)32)21(26)28-22(30)19(17)24(33)34)9-14(25)20(15)36-11-16(29)27-8-7-12-5-3-2-4-6-12/h2-6,9-10H,7-8,11H2,1H3,(H,27,29)(H,31,32)(H,33,34)(H3,26,28,30). The van der Waals surface area contributed by atoms with E-state index in [4.69, 9.17) is 15.2 Å². The van der Waals surface area contributed by atoms with E-state index >= 15 is 0 Å². The Kier molecular flexibility index (Phi) is 8.33. The molecule has 12 heteroatoms. The number of rotatable bonds is 10. The molecule has 11 nitrogen and oxygen atoms in total. The minimum atomic E-state index is -1.64. The number of aromatic carboxylic acids is 2. The van der Waals surface area contributed by atoms with Gasteiger partial charge < -0.3 is 35.7 Å². The number of carbonyl (C=O) groups excluding carboxylic acids is 1. The van der Waals surface area contributed by atoms with E-state index in [0.29, 0.717) is 13.0 Å². The molecule has 2 aromatic carbocycles. The van der Waals surface area contributed by atoms with Gasteiger partial charge in [0.15, 0.2) is 18.1 Å². The van der Waals surface area contributed by atoms with Crippen molar-refractivity contribution in [3.8, 4) is 22.6 Å². The first-order chi connectivity index (χ1) is 17.1. The molecule has 188 valence electrons. The second-order valence-corrected chi connectivity index (χ2v) is 8.32. The Morgan fingerprint density at radius 1 is 1.08 bits per heavy atom. The highest BCUT2D eigenvalue weighted by atomic mass is 79.9. The summed E-state index contributed by atoms with van der Waals surface area (Å²) in [7, 11) is 1.31. The number of carboxylic acids is 2. The van der Waals surface area contributed by atoms with Crippen LogP contribution in [-0.4, -0.2) is 53.3 Å². The minimum absolute atomic E-state index is 0.0194. The zero-order chi connectivity index (χ0) is 26.4. The summed E-state index contributed by atoms with van der Waals surface area (Å²) in [5.74, 6) is -3.89. The molecule has 36 heavy (non-hydrogen) atoms. The molecule has 1 heterocycles. The Bertz CT molecular complexity index is 1370. The number of anilines is 1. The molecule has 0 bridgehead atoms. The van der Waals surface area contributed by atoms with Crippen molar-refractivity contribution in [1.82, 2.24) is 10.3 Å². The maximum atomic E-state index is 12.3. The fraction of sp³-hybridized carbons (Fsp3) is 0.167. The van der Waals surface area contributed by atoms with Crippen molar-refractivity contribution in [2.24, 2.45) is 0 Å². The fourth-order valence-corrected chi connectivity index (χ4v) is 4.08. The van der Waals surface area contributed by atoms with Crippen molar-refractivity contribution in [1.29, 1.82) is 0 Å². The summed E-state index contributed by atoms with van der Waals surface area (Å²) in [6.07, 6.45) is 0.644. The third-order valence-electron chi connectivity index (χ3n) is 5.12. The Balaban J connectivity index is 1.88. The first-order valence-electron chi connectivity index (χ1n) is 10.5. The number of nitrogens with two attached hydrogens (primary N) is 1. The number of benzene rings is 2. The maximum Gasteiger partial charge on any atom is 0.342 e. The van der Waals surface area contributed by atoms with E-state index in [1.54, 1.807) is 0 Å². The molecule has 6 N–H and O–H groups in total. The van der Waals surface area contributed by atoms with Crippen molar-refractivity contribution in [3.63, 3.8) is 0 Å². The molecule has 1 amide bonds. The van der Waals surface area contributed by atoms with E-state index in [9.17, 15) is 29.4 Å². The number of amides is 1. The number of aromatic amines is 1. The first-order valence-corrected chi connectivity index (χ1v) is 11.3.